The molecule has 0 aromatic rings. The van der Waals surface area contributed by atoms with Crippen molar-refractivity contribution in [2.45, 2.75) is 45.1 Å². The third-order valence-electron chi connectivity index (χ3n) is 3.93. The number of amidine groups is 1. The molecule has 0 saturated heterocycles. The predicted octanol–water partition coefficient (Wildman–Crippen LogP) is 0.818. The number of amides is 1. The predicted molar refractivity (Wildman–Crippen MR) is 60.0 cm³/mol. The van der Waals surface area contributed by atoms with Gasteiger partial charge in [-0.05, 0) is 38.5 Å². The number of hydrogen-bond acceptors (Lipinski definition) is 3. The lowest BCUT2D eigenvalue weighted by atomic mass is 9.67. The molecule has 1 atom stereocenters. The van der Waals surface area contributed by atoms with E-state index in [9.17, 15) is 4.79 Å². The highest BCUT2D eigenvalue weighted by molar-refractivity contribution is 6.07. The summed E-state index contributed by atoms with van der Waals surface area (Å²) in [5.74, 6) is 0.598. The molecule has 0 aliphatic heterocycles. The molecule has 0 aromatic heterocycles. The Kier molecular flexibility index (Phi) is 2.78. The van der Waals surface area contributed by atoms with Gasteiger partial charge in [-0.15, -0.1) is 0 Å². The van der Waals surface area contributed by atoms with E-state index < -0.39 is 5.41 Å². The number of nitrogens with one attached hydrogen (secondary N) is 1. The second-order valence-electron chi connectivity index (χ2n) is 5.02. The summed E-state index contributed by atoms with van der Waals surface area (Å²) in [4.78, 5) is 12.1. The summed E-state index contributed by atoms with van der Waals surface area (Å²) in [5, 5.41) is 14.7. The van der Waals surface area contributed by atoms with E-state index in [1.165, 1.54) is 12.8 Å². The highest BCUT2D eigenvalue weighted by atomic mass is 16.4. The van der Waals surface area contributed by atoms with E-state index >= 15 is 0 Å². The molecule has 4 N–H and O–H groups in total. The van der Waals surface area contributed by atoms with Crippen molar-refractivity contribution in [2.24, 2.45) is 22.2 Å². The van der Waals surface area contributed by atoms with Crippen LogP contribution in [0.5, 0.6) is 0 Å². The first-order valence-electron chi connectivity index (χ1n) is 5.89. The van der Waals surface area contributed by atoms with Crippen molar-refractivity contribution < 1.29 is 10.0 Å². The monoisotopic (exact) mass is 225 g/mol. The van der Waals surface area contributed by atoms with Crippen molar-refractivity contribution in [1.82, 2.24) is 5.32 Å². The van der Waals surface area contributed by atoms with Gasteiger partial charge in [0.1, 0.15) is 5.41 Å². The van der Waals surface area contributed by atoms with Gasteiger partial charge in [0, 0.05) is 6.04 Å². The molecule has 5 nitrogen and oxygen atoms in total. The molecular formula is C11H19N3O2. The average Bonchev–Trinajstić information content (AvgIpc) is 2.98. The van der Waals surface area contributed by atoms with Gasteiger partial charge in [-0.25, -0.2) is 0 Å². The fourth-order valence-electron chi connectivity index (χ4n) is 2.28. The molecule has 1 amide bonds. The third kappa shape index (κ3) is 1.74. The number of hydrogen-bond donors (Lipinski definition) is 3. The maximum atomic E-state index is 12.1. The fourth-order valence-corrected chi connectivity index (χ4v) is 2.28. The molecule has 2 aliphatic rings. The molecule has 0 bridgehead atoms. The lowest BCUT2D eigenvalue weighted by Crippen LogP contribution is -2.55. The van der Waals surface area contributed by atoms with Crippen LogP contribution < -0.4 is 11.1 Å². The van der Waals surface area contributed by atoms with Crippen LogP contribution >= 0.6 is 0 Å². The number of carbonyl (C=O) groups excluding carboxylic acids is 1. The normalized spacial score (nSPS) is 25.7. The fraction of sp³-hybridized carbons (Fsp3) is 0.818. The minimum absolute atomic E-state index is 0.0549. The van der Waals surface area contributed by atoms with Crippen LogP contribution in [0.15, 0.2) is 5.16 Å². The summed E-state index contributed by atoms with van der Waals surface area (Å²) >= 11 is 0. The first kappa shape index (κ1) is 11.2. The maximum absolute atomic E-state index is 12.1. The van der Waals surface area contributed by atoms with Crippen LogP contribution in [-0.2, 0) is 4.79 Å². The lowest BCUT2D eigenvalue weighted by Gasteiger charge is -2.39. The molecule has 1 unspecified atom stereocenters. The summed E-state index contributed by atoms with van der Waals surface area (Å²) in [5.41, 5.74) is 4.88. The molecule has 0 heterocycles. The topological polar surface area (TPSA) is 87.7 Å². The average molecular weight is 225 g/mol. The number of nitrogens with two attached hydrogens (primary N) is 1. The minimum atomic E-state index is -0.738. The Labute approximate surface area is 95.1 Å². The van der Waals surface area contributed by atoms with Crippen LogP contribution in [0.25, 0.3) is 0 Å². The molecule has 16 heavy (non-hydrogen) atoms. The van der Waals surface area contributed by atoms with E-state index in [1.807, 2.05) is 6.92 Å². The lowest BCUT2D eigenvalue weighted by molar-refractivity contribution is -0.131. The summed E-state index contributed by atoms with van der Waals surface area (Å²) < 4.78 is 0. The van der Waals surface area contributed by atoms with Crippen LogP contribution in [0.4, 0.5) is 0 Å². The standard InChI is InChI=1S/C11H19N3O2/c1-7(8-3-4-8)13-10(15)11(5-2-6-11)9(12)14-16/h7-8,16H,2-6H2,1H3,(H2,12,14)(H,13,15). The van der Waals surface area contributed by atoms with Gasteiger partial charge in [0.2, 0.25) is 5.91 Å². The van der Waals surface area contributed by atoms with Gasteiger partial charge in [-0.3, -0.25) is 4.79 Å². The minimum Gasteiger partial charge on any atom is -0.409 e. The molecule has 0 aromatic carbocycles. The van der Waals surface area contributed by atoms with Crippen LogP contribution in [-0.4, -0.2) is 23.0 Å². The highest BCUT2D eigenvalue weighted by Gasteiger charge is 2.49. The first-order valence-corrected chi connectivity index (χ1v) is 5.89. The van der Waals surface area contributed by atoms with Crippen molar-refractivity contribution in [3.05, 3.63) is 0 Å². The van der Waals surface area contributed by atoms with Crippen molar-refractivity contribution in [2.75, 3.05) is 0 Å². The van der Waals surface area contributed by atoms with Crippen molar-refractivity contribution >= 4 is 11.7 Å². The number of rotatable bonds is 4. The highest BCUT2D eigenvalue weighted by Crippen LogP contribution is 2.42. The zero-order valence-electron chi connectivity index (χ0n) is 9.57. The summed E-state index contributed by atoms with van der Waals surface area (Å²) in [6.45, 7) is 2.02. The first-order chi connectivity index (χ1) is 7.60. The van der Waals surface area contributed by atoms with Crippen LogP contribution in [0, 0.1) is 11.3 Å². The smallest absolute Gasteiger partial charge is 0.234 e. The second-order valence-corrected chi connectivity index (χ2v) is 5.02. The maximum Gasteiger partial charge on any atom is 0.234 e. The van der Waals surface area contributed by atoms with E-state index in [0.717, 1.165) is 6.42 Å². The second kappa shape index (κ2) is 3.96. The molecule has 90 valence electrons. The summed E-state index contributed by atoms with van der Waals surface area (Å²) in [6, 6.07) is 0.205. The Morgan fingerprint density at radius 1 is 1.56 bits per heavy atom. The molecule has 2 fully saturated rings. The van der Waals surface area contributed by atoms with Gasteiger partial charge in [-0.1, -0.05) is 11.6 Å². The number of carbonyl (C=O) groups is 1. The largest absolute Gasteiger partial charge is 0.409 e. The van der Waals surface area contributed by atoms with Gasteiger partial charge in [0.05, 0.1) is 0 Å². The molecule has 2 rings (SSSR count). The Morgan fingerprint density at radius 3 is 2.56 bits per heavy atom. The Morgan fingerprint density at radius 2 is 2.19 bits per heavy atom. The summed E-state index contributed by atoms with van der Waals surface area (Å²) in [7, 11) is 0. The van der Waals surface area contributed by atoms with E-state index in [4.69, 9.17) is 10.9 Å². The number of nitrogens with zero attached hydrogens (tertiary/aromatic N) is 1. The molecule has 2 saturated carbocycles. The van der Waals surface area contributed by atoms with E-state index in [1.54, 1.807) is 0 Å². The van der Waals surface area contributed by atoms with Crippen LogP contribution in [0.3, 0.4) is 0 Å². The quantitative estimate of drug-likeness (QED) is 0.286. The van der Waals surface area contributed by atoms with Crippen molar-refractivity contribution in [3.63, 3.8) is 0 Å². The zero-order valence-corrected chi connectivity index (χ0v) is 9.57. The molecule has 0 radical (unpaired) electrons. The SMILES string of the molecule is CC(NC(=O)C1(C(N)=NO)CCC1)C1CC1. The van der Waals surface area contributed by atoms with Crippen LogP contribution in [0.1, 0.15) is 39.0 Å². The Bertz CT molecular complexity index is 319. The molecular weight excluding hydrogens is 206 g/mol. The molecule has 2 aliphatic carbocycles. The third-order valence-corrected chi connectivity index (χ3v) is 3.93. The van der Waals surface area contributed by atoms with Gasteiger partial charge >= 0.3 is 0 Å². The van der Waals surface area contributed by atoms with Gasteiger partial charge in [0.25, 0.3) is 0 Å². The van der Waals surface area contributed by atoms with Gasteiger partial charge < -0.3 is 16.3 Å². The van der Waals surface area contributed by atoms with Gasteiger partial charge in [0.15, 0.2) is 5.84 Å². The van der Waals surface area contributed by atoms with Crippen molar-refractivity contribution in [3.8, 4) is 0 Å². The Balaban J connectivity index is 2.00. The Hall–Kier alpha value is -1.26. The zero-order chi connectivity index (χ0) is 11.8. The van der Waals surface area contributed by atoms with Crippen LogP contribution in [0.2, 0.25) is 0 Å². The van der Waals surface area contributed by atoms with E-state index in [2.05, 4.69) is 10.5 Å². The van der Waals surface area contributed by atoms with Gasteiger partial charge in [-0.2, -0.15) is 0 Å². The van der Waals surface area contributed by atoms with E-state index in [-0.39, 0.29) is 17.8 Å². The molecule has 0 spiro atoms. The van der Waals surface area contributed by atoms with E-state index in [0.29, 0.717) is 18.8 Å². The summed E-state index contributed by atoms with van der Waals surface area (Å²) in [6.07, 6.45) is 4.72. The molecule has 5 heteroatoms. The number of oxime groups is 1. The van der Waals surface area contributed by atoms with Crippen molar-refractivity contribution in [1.29, 1.82) is 0 Å².